The van der Waals surface area contributed by atoms with Gasteiger partial charge >= 0.3 is 0 Å². The fraction of sp³-hybridized carbons (Fsp3) is 0.200. The molecule has 0 aliphatic rings. The molecule has 64 valence electrons. The first kappa shape index (κ1) is 7.81. The van der Waals surface area contributed by atoms with Crippen molar-refractivity contribution < 1.29 is 0 Å². The summed E-state index contributed by atoms with van der Waals surface area (Å²) in [5.41, 5.74) is 2.53. The van der Waals surface area contributed by atoms with E-state index in [9.17, 15) is 0 Å². The summed E-state index contributed by atoms with van der Waals surface area (Å²) in [6.45, 7) is 2.04. The zero-order valence-electron chi connectivity index (χ0n) is 7.33. The summed E-state index contributed by atoms with van der Waals surface area (Å²) in [5.74, 6) is 0.963. The highest BCUT2D eigenvalue weighted by Gasteiger charge is 2.00. The average Bonchev–Trinajstić information content (AvgIpc) is 2.58. The molecule has 0 amide bonds. The number of nitrogens with one attached hydrogen (secondary N) is 1. The molecule has 0 saturated heterocycles. The molecule has 0 saturated carbocycles. The number of aryl methyl sites for hydroxylation is 1. The molecule has 0 spiro atoms. The molecule has 2 rings (SSSR count). The Morgan fingerprint density at radius 3 is 3.08 bits per heavy atom. The van der Waals surface area contributed by atoms with Crippen molar-refractivity contribution in [3.63, 3.8) is 0 Å². The third-order valence-electron chi connectivity index (χ3n) is 1.99. The van der Waals surface area contributed by atoms with E-state index in [1.165, 1.54) is 0 Å². The van der Waals surface area contributed by atoms with Gasteiger partial charge in [-0.05, 0) is 18.2 Å². The van der Waals surface area contributed by atoms with Crippen molar-refractivity contribution in [1.82, 2.24) is 9.97 Å². The number of fused-ring (bicyclic) bond motifs is 1. The summed E-state index contributed by atoms with van der Waals surface area (Å²) in [4.78, 5) is 7.50. The third kappa shape index (κ3) is 1.27. The fourth-order valence-electron chi connectivity index (χ4n) is 1.30. The summed E-state index contributed by atoms with van der Waals surface area (Å²) in [6.07, 6.45) is 0.885. The Morgan fingerprint density at radius 2 is 2.38 bits per heavy atom. The van der Waals surface area contributed by atoms with Crippen molar-refractivity contribution in [3.05, 3.63) is 29.6 Å². The number of H-pyrrole nitrogens is 1. The van der Waals surface area contributed by atoms with Crippen molar-refractivity contribution in [3.8, 4) is 6.07 Å². The molecule has 3 nitrogen and oxygen atoms in total. The van der Waals surface area contributed by atoms with Crippen molar-refractivity contribution in [2.75, 3.05) is 0 Å². The van der Waals surface area contributed by atoms with E-state index in [1.807, 2.05) is 19.1 Å². The van der Waals surface area contributed by atoms with Crippen LogP contribution in [-0.2, 0) is 6.42 Å². The van der Waals surface area contributed by atoms with Gasteiger partial charge in [-0.3, -0.25) is 0 Å². The maximum Gasteiger partial charge on any atom is 0.106 e. The van der Waals surface area contributed by atoms with Gasteiger partial charge in [0.05, 0.1) is 22.7 Å². The molecule has 2 aromatic rings. The van der Waals surface area contributed by atoms with E-state index >= 15 is 0 Å². The van der Waals surface area contributed by atoms with Gasteiger partial charge in [-0.2, -0.15) is 5.26 Å². The zero-order valence-corrected chi connectivity index (χ0v) is 7.33. The van der Waals surface area contributed by atoms with Gasteiger partial charge in [-0.15, -0.1) is 0 Å². The van der Waals surface area contributed by atoms with Crippen molar-refractivity contribution in [2.45, 2.75) is 13.3 Å². The van der Waals surface area contributed by atoms with Gasteiger partial charge in [-0.1, -0.05) is 6.92 Å². The molecule has 0 fully saturated rings. The summed E-state index contributed by atoms with van der Waals surface area (Å²) >= 11 is 0. The highest BCUT2D eigenvalue weighted by Crippen LogP contribution is 2.13. The van der Waals surface area contributed by atoms with Gasteiger partial charge in [0.15, 0.2) is 0 Å². The molecule has 0 bridgehead atoms. The van der Waals surface area contributed by atoms with Crippen LogP contribution in [0, 0.1) is 11.3 Å². The predicted molar refractivity (Wildman–Crippen MR) is 50.2 cm³/mol. The number of benzene rings is 1. The Labute approximate surface area is 76.0 Å². The standard InChI is InChI=1S/C10H9N3/c1-2-10-12-8-4-3-7(6-11)5-9(8)13-10/h3-5H,2H2,1H3,(H,12,13). The third-order valence-corrected chi connectivity index (χ3v) is 1.99. The topological polar surface area (TPSA) is 52.5 Å². The first-order valence-corrected chi connectivity index (χ1v) is 4.22. The lowest BCUT2D eigenvalue weighted by Crippen LogP contribution is -1.79. The Hall–Kier alpha value is -1.82. The Morgan fingerprint density at radius 1 is 1.54 bits per heavy atom. The Balaban J connectivity index is 2.65. The second kappa shape index (κ2) is 2.91. The second-order valence-electron chi connectivity index (χ2n) is 2.88. The molecular formula is C10H9N3. The van der Waals surface area contributed by atoms with E-state index < -0.39 is 0 Å². The average molecular weight is 171 g/mol. The lowest BCUT2D eigenvalue weighted by Gasteiger charge is -1.87. The SMILES string of the molecule is CCc1nc2ccc(C#N)cc2[nH]1. The number of rotatable bonds is 1. The van der Waals surface area contributed by atoms with E-state index in [4.69, 9.17) is 5.26 Å². The van der Waals surface area contributed by atoms with Crippen LogP contribution in [0.5, 0.6) is 0 Å². The summed E-state index contributed by atoms with van der Waals surface area (Å²) in [5, 5.41) is 8.68. The smallest absolute Gasteiger partial charge is 0.106 e. The molecule has 1 aromatic carbocycles. The normalized spacial score (nSPS) is 10.2. The van der Waals surface area contributed by atoms with E-state index in [0.29, 0.717) is 5.56 Å². The number of nitrogens with zero attached hydrogens (tertiary/aromatic N) is 2. The molecule has 0 aliphatic carbocycles. The van der Waals surface area contributed by atoms with Crippen molar-refractivity contribution in [2.24, 2.45) is 0 Å². The first-order valence-electron chi connectivity index (χ1n) is 4.22. The van der Waals surface area contributed by atoms with Gasteiger partial charge in [-0.25, -0.2) is 4.98 Å². The predicted octanol–water partition coefficient (Wildman–Crippen LogP) is 2.00. The van der Waals surface area contributed by atoms with Gasteiger partial charge in [0.25, 0.3) is 0 Å². The van der Waals surface area contributed by atoms with Crippen molar-refractivity contribution in [1.29, 1.82) is 5.26 Å². The number of imidazole rings is 1. The van der Waals surface area contributed by atoms with Gasteiger partial charge in [0.1, 0.15) is 5.82 Å². The number of aromatic nitrogens is 2. The number of nitriles is 1. The van der Waals surface area contributed by atoms with E-state index in [2.05, 4.69) is 16.0 Å². The van der Waals surface area contributed by atoms with Crippen LogP contribution in [-0.4, -0.2) is 9.97 Å². The number of aromatic amines is 1. The Kier molecular flexibility index (Phi) is 1.75. The lowest BCUT2D eigenvalue weighted by atomic mass is 10.2. The fourth-order valence-corrected chi connectivity index (χ4v) is 1.30. The monoisotopic (exact) mass is 171 g/mol. The summed E-state index contributed by atoms with van der Waals surface area (Å²) < 4.78 is 0. The minimum atomic E-state index is 0.666. The maximum absolute atomic E-state index is 8.68. The molecule has 0 atom stereocenters. The summed E-state index contributed by atoms with van der Waals surface area (Å²) in [6, 6.07) is 7.56. The molecule has 13 heavy (non-hydrogen) atoms. The van der Waals surface area contributed by atoms with Crippen LogP contribution in [0.2, 0.25) is 0 Å². The van der Waals surface area contributed by atoms with Gasteiger partial charge in [0.2, 0.25) is 0 Å². The van der Waals surface area contributed by atoms with E-state index in [-0.39, 0.29) is 0 Å². The second-order valence-corrected chi connectivity index (χ2v) is 2.88. The van der Waals surface area contributed by atoms with Crippen LogP contribution in [0.3, 0.4) is 0 Å². The highest BCUT2D eigenvalue weighted by atomic mass is 14.9. The molecule has 1 N–H and O–H groups in total. The molecule has 0 radical (unpaired) electrons. The van der Waals surface area contributed by atoms with Crippen LogP contribution >= 0.6 is 0 Å². The van der Waals surface area contributed by atoms with Gasteiger partial charge < -0.3 is 4.98 Å². The molecule has 3 heteroatoms. The van der Waals surface area contributed by atoms with Crippen LogP contribution < -0.4 is 0 Å². The van der Waals surface area contributed by atoms with E-state index in [0.717, 1.165) is 23.3 Å². The molecule has 1 heterocycles. The quantitative estimate of drug-likeness (QED) is 0.713. The van der Waals surface area contributed by atoms with E-state index in [1.54, 1.807) is 6.07 Å². The van der Waals surface area contributed by atoms with Crippen LogP contribution in [0.25, 0.3) is 11.0 Å². The minimum absolute atomic E-state index is 0.666. The minimum Gasteiger partial charge on any atom is -0.342 e. The Bertz CT molecular complexity index is 476. The molecule has 0 unspecified atom stereocenters. The number of hydrogen-bond donors (Lipinski definition) is 1. The number of hydrogen-bond acceptors (Lipinski definition) is 2. The first-order chi connectivity index (χ1) is 6.33. The van der Waals surface area contributed by atoms with Crippen molar-refractivity contribution >= 4 is 11.0 Å². The molecule has 1 aromatic heterocycles. The maximum atomic E-state index is 8.68. The van der Waals surface area contributed by atoms with Crippen LogP contribution in [0.15, 0.2) is 18.2 Å². The van der Waals surface area contributed by atoms with Gasteiger partial charge in [0, 0.05) is 6.42 Å². The molecular weight excluding hydrogens is 162 g/mol. The zero-order chi connectivity index (χ0) is 9.26. The highest BCUT2D eigenvalue weighted by molar-refractivity contribution is 5.76. The molecule has 0 aliphatic heterocycles. The van der Waals surface area contributed by atoms with Crippen LogP contribution in [0.1, 0.15) is 18.3 Å². The lowest BCUT2D eigenvalue weighted by molar-refractivity contribution is 1.00. The van der Waals surface area contributed by atoms with Crippen LogP contribution in [0.4, 0.5) is 0 Å². The largest absolute Gasteiger partial charge is 0.342 e. The summed E-state index contributed by atoms with van der Waals surface area (Å²) in [7, 11) is 0.